The molecule has 1 aliphatic heterocycles. The van der Waals surface area contributed by atoms with Gasteiger partial charge in [-0.05, 0) is 59.0 Å². The molecule has 2 N–H and O–H groups in total. The van der Waals surface area contributed by atoms with Gasteiger partial charge in [0.05, 0.1) is 5.56 Å². The van der Waals surface area contributed by atoms with Crippen LogP contribution in [0.2, 0.25) is 0 Å². The van der Waals surface area contributed by atoms with E-state index >= 15 is 0 Å². The molecule has 3 aromatic carbocycles. The number of fused-ring (bicyclic) bond motifs is 1. The molecule has 0 fully saturated rings. The molecule has 3 aromatic rings. The first-order chi connectivity index (χ1) is 17.7. The zero-order valence-electron chi connectivity index (χ0n) is 20.7. The van der Waals surface area contributed by atoms with E-state index in [-0.39, 0.29) is 24.8 Å². The Bertz CT molecular complexity index is 1260. The number of hydrogen-bond donors (Lipinski definition) is 2. The molecule has 0 saturated carbocycles. The number of amides is 1. The lowest BCUT2D eigenvalue weighted by Gasteiger charge is -2.20. The maximum Gasteiger partial charge on any atom is 0.419 e. The van der Waals surface area contributed by atoms with Gasteiger partial charge in [-0.3, -0.25) is 4.79 Å². The van der Waals surface area contributed by atoms with Gasteiger partial charge in [0, 0.05) is 26.6 Å². The Balaban J connectivity index is 1.48. The summed E-state index contributed by atoms with van der Waals surface area (Å²) in [5.74, 6) is 0.982. The number of halogens is 3. The Labute approximate surface area is 213 Å². The third-order valence-electron chi connectivity index (χ3n) is 6.04. The van der Waals surface area contributed by atoms with E-state index < -0.39 is 11.7 Å². The van der Waals surface area contributed by atoms with Crippen molar-refractivity contribution in [1.82, 2.24) is 10.6 Å². The van der Waals surface area contributed by atoms with Crippen LogP contribution in [0.25, 0.3) is 11.1 Å². The Morgan fingerprint density at radius 1 is 1.00 bits per heavy atom. The van der Waals surface area contributed by atoms with Crippen LogP contribution in [-0.4, -0.2) is 32.2 Å². The zero-order valence-corrected chi connectivity index (χ0v) is 20.7. The maximum atomic E-state index is 13.8. The van der Waals surface area contributed by atoms with Gasteiger partial charge < -0.3 is 24.8 Å². The SMILES string of the molecule is CC(=O)NCCNCc1ccc(OCc2cccc(-c3ccc4c(c3)OCCO4)c2C)c(C(F)(F)F)c1. The quantitative estimate of drug-likeness (QED) is 0.382. The lowest BCUT2D eigenvalue weighted by atomic mass is 9.96. The van der Waals surface area contributed by atoms with Crippen LogP contribution in [-0.2, 0) is 24.1 Å². The number of hydrogen-bond acceptors (Lipinski definition) is 5. The highest BCUT2D eigenvalue weighted by Crippen LogP contribution is 2.38. The third-order valence-corrected chi connectivity index (χ3v) is 6.04. The van der Waals surface area contributed by atoms with Crippen LogP contribution in [0.3, 0.4) is 0 Å². The van der Waals surface area contributed by atoms with Gasteiger partial charge in [0.25, 0.3) is 0 Å². The maximum absolute atomic E-state index is 13.8. The van der Waals surface area contributed by atoms with Crippen molar-refractivity contribution in [2.75, 3.05) is 26.3 Å². The number of nitrogens with one attached hydrogen (secondary N) is 2. The van der Waals surface area contributed by atoms with Gasteiger partial charge in [-0.1, -0.05) is 30.3 Å². The van der Waals surface area contributed by atoms with Gasteiger partial charge in [0.1, 0.15) is 25.6 Å². The predicted molar refractivity (Wildman–Crippen MR) is 134 cm³/mol. The summed E-state index contributed by atoms with van der Waals surface area (Å²) in [6, 6.07) is 15.4. The van der Waals surface area contributed by atoms with Crippen LogP contribution in [0.5, 0.6) is 17.2 Å². The smallest absolute Gasteiger partial charge is 0.419 e. The zero-order chi connectivity index (χ0) is 26.4. The molecule has 1 heterocycles. The van der Waals surface area contributed by atoms with Gasteiger partial charge in [0.2, 0.25) is 5.91 Å². The van der Waals surface area contributed by atoms with Crippen molar-refractivity contribution in [2.45, 2.75) is 33.2 Å². The lowest BCUT2D eigenvalue weighted by molar-refractivity contribution is -0.139. The molecule has 0 aliphatic carbocycles. The molecule has 0 aromatic heterocycles. The van der Waals surface area contributed by atoms with Crippen LogP contribution < -0.4 is 24.8 Å². The van der Waals surface area contributed by atoms with Crippen LogP contribution in [0, 0.1) is 6.92 Å². The second-order valence-electron chi connectivity index (χ2n) is 8.72. The topological polar surface area (TPSA) is 68.8 Å². The van der Waals surface area contributed by atoms with E-state index in [1.54, 1.807) is 6.07 Å². The van der Waals surface area contributed by atoms with E-state index in [2.05, 4.69) is 10.6 Å². The number of ether oxygens (including phenoxy) is 3. The van der Waals surface area contributed by atoms with E-state index in [9.17, 15) is 18.0 Å². The molecule has 0 radical (unpaired) electrons. The summed E-state index contributed by atoms with van der Waals surface area (Å²) in [6.45, 7) is 5.38. The van der Waals surface area contributed by atoms with Gasteiger partial charge in [0.15, 0.2) is 11.5 Å². The van der Waals surface area contributed by atoms with Crippen molar-refractivity contribution in [3.8, 4) is 28.4 Å². The van der Waals surface area contributed by atoms with Crippen LogP contribution in [0.15, 0.2) is 54.6 Å². The van der Waals surface area contributed by atoms with E-state index in [1.807, 2.05) is 43.3 Å². The largest absolute Gasteiger partial charge is 0.488 e. The highest BCUT2D eigenvalue weighted by Gasteiger charge is 2.34. The highest BCUT2D eigenvalue weighted by atomic mass is 19.4. The van der Waals surface area contributed by atoms with E-state index in [4.69, 9.17) is 14.2 Å². The molecule has 4 rings (SSSR count). The number of benzene rings is 3. The summed E-state index contributed by atoms with van der Waals surface area (Å²) in [5.41, 5.74) is 3.20. The number of carbonyl (C=O) groups is 1. The summed E-state index contributed by atoms with van der Waals surface area (Å²) in [4.78, 5) is 10.9. The Morgan fingerprint density at radius 2 is 1.78 bits per heavy atom. The minimum atomic E-state index is -4.57. The Kier molecular flexibility index (Phi) is 8.23. The van der Waals surface area contributed by atoms with Gasteiger partial charge in [-0.25, -0.2) is 0 Å². The standard InChI is InChI=1S/C28H29F3N2O4/c1-18-22(4-3-5-23(18)21-7-9-26-27(15-21)36-13-12-35-26)17-37-25-8-6-20(14-24(25)28(29,30)31)16-32-10-11-33-19(2)34/h3-9,14-15,32H,10-13,16-17H2,1-2H3,(H,33,34). The third kappa shape index (κ3) is 6.74. The first-order valence-corrected chi connectivity index (χ1v) is 12.0. The summed E-state index contributed by atoms with van der Waals surface area (Å²) < 4.78 is 58.4. The number of carbonyl (C=O) groups excluding carboxylic acids is 1. The monoisotopic (exact) mass is 514 g/mol. The predicted octanol–water partition coefficient (Wildman–Crippen LogP) is 5.26. The van der Waals surface area contributed by atoms with Crippen molar-refractivity contribution < 1.29 is 32.2 Å². The molecular weight excluding hydrogens is 485 g/mol. The second-order valence-corrected chi connectivity index (χ2v) is 8.72. The lowest BCUT2D eigenvalue weighted by Crippen LogP contribution is -2.29. The van der Waals surface area contributed by atoms with Crippen LogP contribution >= 0.6 is 0 Å². The van der Waals surface area contributed by atoms with Crippen molar-refractivity contribution in [3.63, 3.8) is 0 Å². The van der Waals surface area contributed by atoms with Crippen LogP contribution in [0.4, 0.5) is 13.2 Å². The molecule has 0 bridgehead atoms. The van der Waals surface area contributed by atoms with Crippen molar-refractivity contribution in [2.24, 2.45) is 0 Å². The Morgan fingerprint density at radius 3 is 2.54 bits per heavy atom. The first-order valence-electron chi connectivity index (χ1n) is 12.0. The van der Waals surface area contributed by atoms with Gasteiger partial charge >= 0.3 is 6.18 Å². The fraction of sp³-hybridized carbons (Fsp3) is 0.321. The number of alkyl halides is 3. The molecule has 0 unspecified atom stereocenters. The average molecular weight is 515 g/mol. The van der Waals surface area contributed by atoms with E-state index in [0.717, 1.165) is 28.3 Å². The molecule has 37 heavy (non-hydrogen) atoms. The first kappa shape index (κ1) is 26.3. The summed E-state index contributed by atoms with van der Waals surface area (Å²) in [6.07, 6.45) is -4.57. The molecule has 1 amide bonds. The molecule has 0 saturated heterocycles. The van der Waals surface area contributed by atoms with E-state index in [1.165, 1.54) is 13.0 Å². The minimum absolute atomic E-state index is 0.0123. The summed E-state index contributed by atoms with van der Waals surface area (Å²) in [7, 11) is 0. The number of rotatable bonds is 9. The molecule has 0 spiro atoms. The Hall–Kier alpha value is -3.72. The fourth-order valence-electron chi connectivity index (χ4n) is 4.11. The summed E-state index contributed by atoms with van der Waals surface area (Å²) in [5, 5.41) is 5.65. The van der Waals surface area contributed by atoms with Crippen molar-refractivity contribution in [1.29, 1.82) is 0 Å². The fourth-order valence-corrected chi connectivity index (χ4v) is 4.11. The van der Waals surface area contributed by atoms with Crippen molar-refractivity contribution >= 4 is 5.91 Å². The molecule has 0 atom stereocenters. The van der Waals surface area contributed by atoms with E-state index in [0.29, 0.717) is 43.4 Å². The van der Waals surface area contributed by atoms with Crippen LogP contribution in [0.1, 0.15) is 29.2 Å². The molecule has 6 nitrogen and oxygen atoms in total. The minimum Gasteiger partial charge on any atom is -0.488 e. The molecule has 9 heteroatoms. The summed E-state index contributed by atoms with van der Waals surface area (Å²) >= 11 is 0. The molecule has 196 valence electrons. The second kappa shape index (κ2) is 11.6. The molecule has 1 aliphatic rings. The van der Waals surface area contributed by atoms with Crippen molar-refractivity contribution in [3.05, 3.63) is 76.9 Å². The normalized spacial score (nSPS) is 12.8. The molecular formula is C28H29F3N2O4. The van der Waals surface area contributed by atoms with Gasteiger partial charge in [-0.2, -0.15) is 13.2 Å². The van der Waals surface area contributed by atoms with Gasteiger partial charge in [-0.15, -0.1) is 0 Å². The average Bonchev–Trinajstić information content (AvgIpc) is 2.87. The highest BCUT2D eigenvalue weighted by molar-refractivity contribution is 5.72.